The molecular weight excluding hydrogens is 290 g/mol. The van der Waals surface area contributed by atoms with Gasteiger partial charge in [0, 0.05) is 6.21 Å². The lowest BCUT2D eigenvalue weighted by Gasteiger charge is -2.09. The molecule has 1 atom stereocenters. The molecule has 120 valence electrons. The summed E-state index contributed by atoms with van der Waals surface area (Å²) in [5.74, 6) is 0.0487. The SMILES string of the molecule is CC(C)c1ccc(N=Cc2ccc(O[C@H](C)C(=O)O)cc2)cc1. The van der Waals surface area contributed by atoms with E-state index in [4.69, 9.17) is 9.84 Å². The second kappa shape index (κ2) is 7.58. The van der Waals surface area contributed by atoms with E-state index < -0.39 is 12.1 Å². The Labute approximate surface area is 136 Å². The van der Waals surface area contributed by atoms with Crippen LogP contribution < -0.4 is 4.74 Å². The second-order valence-corrected chi connectivity index (χ2v) is 5.67. The van der Waals surface area contributed by atoms with Crippen LogP contribution in [0.5, 0.6) is 5.75 Å². The molecule has 1 N–H and O–H groups in total. The van der Waals surface area contributed by atoms with Crippen molar-refractivity contribution in [3.63, 3.8) is 0 Å². The Bertz CT molecular complexity index is 673. The number of nitrogens with zero attached hydrogens (tertiary/aromatic N) is 1. The molecule has 0 aliphatic rings. The van der Waals surface area contributed by atoms with E-state index in [1.165, 1.54) is 12.5 Å². The minimum Gasteiger partial charge on any atom is -0.479 e. The highest BCUT2D eigenvalue weighted by molar-refractivity contribution is 5.82. The van der Waals surface area contributed by atoms with Gasteiger partial charge >= 0.3 is 5.97 Å². The third-order valence-corrected chi connectivity index (χ3v) is 3.46. The summed E-state index contributed by atoms with van der Waals surface area (Å²) in [6, 6.07) is 15.3. The normalized spacial score (nSPS) is 12.5. The van der Waals surface area contributed by atoms with Crippen molar-refractivity contribution in [3.05, 3.63) is 59.7 Å². The number of hydrogen-bond acceptors (Lipinski definition) is 3. The highest BCUT2D eigenvalue weighted by Gasteiger charge is 2.11. The maximum Gasteiger partial charge on any atom is 0.344 e. The number of ether oxygens (including phenoxy) is 1. The van der Waals surface area contributed by atoms with Crippen LogP contribution in [-0.4, -0.2) is 23.4 Å². The van der Waals surface area contributed by atoms with Crippen molar-refractivity contribution in [2.75, 3.05) is 0 Å². The summed E-state index contributed by atoms with van der Waals surface area (Å²) in [4.78, 5) is 15.2. The molecular formula is C19H21NO3. The molecule has 0 amide bonds. The number of hydrogen-bond donors (Lipinski definition) is 1. The maximum absolute atomic E-state index is 10.7. The van der Waals surface area contributed by atoms with E-state index in [0.717, 1.165) is 11.3 Å². The first-order valence-corrected chi connectivity index (χ1v) is 7.59. The Morgan fingerprint density at radius 3 is 2.17 bits per heavy atom. The fourth-order valence-corrected chi connectivity index (χ4v) is 1.98. The molecule has 4 heteroatoms. The Morgan fingerprint density at radius 1 is 1.04 bits per heavy atom. The van der Waals surface area contributed by atoms with E-state index in [9.17, 15) is 4.79 Å². The van der Waals surface area contributed by atoms with Crippen LogP contribution in [0.3, 0.4) is 0 Å². The number of aliphatic carboxylic acids is 1. The van der Waals surface area contributed by atoms with Crippen LogP contribution in [0, 0.1) is 0 Å². The lowest BCUT2D eigenvalue weighted by Crippen LogP contribution is -2.22. The Kier molecular flexibility index (Phi) is 5.52. The van der Waals surface area contributed by atoms with E-state index in [-0.39, 0.29) is 0 Å². The van der Waals surface area contributed by atoms with Crippen LogP contribution in [0.25, 0.3) is 0 Å². The zero-order chi connectivity index (χ0) is 16.8. The van der Waals surface area contributed by atoms with E-state index >= 15 is 0 Å². The third kappa shape index (κ3) is 4.95. The van der Waals surface area contributed by atoms with Crippen LogP contribution >= 0.6 is 0 Å². The van der Waals surface area contributed by atoms with Crippen LogP contribution in [0.2, 0.25) is 0 Å². The average molecular weight is 311 g/mol. The smallest absolute Gasteiger partial charge is 0.344 e. The van der Waals surface area contributed by atoms with Gasteiger partial charge in [-0.25, -0.2) is 4.79 Å². The molecule has 2 rings (SSSR count). The zero-order valence-corrected chi connectivity index (χ0v) is 13.6. The molecule has 0 saturated heterocycles. The molecule has 4 nitrogen and oxygen atoms in total. The van der Waals surface area contributed by atoms with Gasteiger partial charge in [0.15, 0.2) is 6.10 Å². The third-order valence-electron chi connectivity index (χ3n) is 3.46. The molecule has 0 saturated carbocycles. The standard InChI is InChI=1S/C19H21NO3/c1-13(2)16-6-8-17(9-7-16)20-12-15-4-10-18(11-5-15)23-14(3)19(21)22/h4-14H,1-3H3,(H,21,22)/t14-/m1/s1. The molecule has 0 spiro atoms. The van der Waals surface area contributed by atoms with Gasteiger partial charge in [0.2, 0.25) is 0 Å². The highest BCUT2D eigenvalue weighted by Crippen LogP contribution is 2.19. The molecule has 0 aliphatic carbocycles. The van der Waals surface area contributed by atoms with Gasteiger partial charge in [-0.05, 0) is 60.4 Å². The minimum atomic E-state index is -0.986. The average Bonchev–Trinajstić information content (AvgIpc) is 2.54. The fraction of sp³-hybridized carbons (Fsp3) is 0.263. The zero-order valence-electron chi connectivity index (χ0n) is 13.6. The summed E-state index contributed by atoms with van der Waals surface area (Å²) >= 11 is 0. The summed E-state index contributed by atoms with van der Waals surface area (Å²) in [6.07, 6.45) is 0.906. The number of carboxylic acids is 1. The van der Waals surface area contributed by atoms with Crippen molar-refractivity contribution in [1.29, 1.82) is 0 Å². The second-order valence-electron chi connectivity index (χ2n) is 5.67. The number of rotatable bonds is 6. The van der Waals surface area contributed by atoms with Crippen molar-refractivity contribution in [1.82, 2.24) is 0 Å². The number of carboxylic acid groups (broad SMARTS) is 1. The number of carbonyl (C=O) groups is 1. The van der Waals surface area contributed by atoms with Crippen LogP contribution in [-0.2, 0) is 4.79 Å². The van der Waals surface area contributed by atoms with Crippen LogP contribution in [0.4, 0.5) is 5.69 Å². The molecule has 23 heavy (non-hydrogen) atoms. The summed E-state index contributed by atoms with van der Waals surface area (Å²) in [6.45, 7) is 5.82. The lowest BCUT2D eigenvalue weighted by molar-refractivity contribution is -0.144. The quantitative estimate of drug-likeness (QED) is 0.804. The fourth-order valence-electron chi connectivity index (χ4n) is 1.98. The van der Waals surface area contributed by atoms with Crippen molar-refractivity contribution < 1.29 is 14.6 Å². The first kappa shape index (κ1) is 16.7. The molecule has 0 radical (unpaired) electrons. The number of benzene rings is 2. The van der Waals surface area contributed by atoms with Gasteiger partial charge in [-0.3, -0.25) is 4.99 Å². The Morgan fingerprint density at radius 2 is 1.65 bits per heavy atom. The van der Waals surface area contributed by atoms with Gasteiger partial charge in [-0.15, -0.1) is 0 Å². The van der Waals surface area contributed by atoms with Gasteiger partial charge in [0.1, 0.15) is 5.75 Å². The summed E-state index contributed by atoms with van der Waals surface area (Å²) in [5, 5.41) is 8.82. The van der Waals surface area contributed by atoms with E-state index in [2.05, 4.69) is 31.0 Å². The van der Waals surface area contributed by atoms with E-state index in [1.807, 2.05) is 24.3 Å². The molecule has 0 aromatic heterocycles. The summed E-state index contributed by atoms with van der Waals surface area (Å²) in [7, 11) is 0. The molecule has 2 aromatic rings. The molecule has 0 bridgehead atoms. The van der Waals surface area contributed by atoms with Gasteiger partial charge in [-0.1, -0.05) is 26.0 Å². The molecule has 2 aromatic carbocycles. The predicted molar refractivity (Wildman–Crippen MR) is 92.0 cm³/mol. The lowest BCUT2D eigenvalue weighted by atomic mass is 10.0. The number of aliphatic imine (C=N–C) groups is 1. The van der Waals surface area contributed by atoms with Crippen molar-refractivity contribution in [2.24, 2.45) is 4.99 Å². The predicted octanol–water partition coefficient (Wildman–Crippen LogP) is 4.41. The summed E-state index contributed by atoms with van der Waals surface area (Å²) < 4.78 is 5.29. The monoisotopic (exact) mass is 311 g/mol. The first-order chi connectivity index (χ1) is 11.0. The Balaban J connectivity index is 2.01. The molecule has 0 aliphatic heterocycles. The molecule has 0 unspecified atom stereocenters. The highest BCUT2D eigenvalue weighted by atomic mass is 16.5. The van der Waals surface area contributed by atoms with Crippen LogP contribution in [0.1, 0.15) is 37.8 Å². The van der Waals surface area contributed by atoms with Crippen molar-refractivity contribution >= 4 is 17.9 Å². The van der Waals surface area contributed by atoms with Gasteiger partial charge in [0.05, 0.1) is 5.69 Å². The maximum atomic E-state index is 10.7. The van der Waals surface area contributed by atoms with E-state index in [1.54, 1.807) is 18.3 Å². The van der Waals surface area contributed by atoms with Gasteiger partial charge < -0.3 is 9.84 Å². The van der Waals surface area contributed by atoms with Crippen molar-refractivity contribution in [3.8, 4) is 5.75 Å². The Hall–Kier alpha value is -2.62. The first-order valence-electron chi connectivity index (χ1n) is 7.59. The van der Waals surface area contributed by atoms with Crippen LogP contribution in [0.15, 0.2) is 53.5 Å². The topological polar surface area (TPSA) is 58.9 Å². The largest absolute Gasteiger partial charge is 0.479 e. The van der Waals surface area contributed by atoms with Crippen molar-refractivity contribution in [2.45, 2.75) is 32.8 Å². The van der Waals surface area contributed by atoms with Gasteiger partial charge in [0.25, 0.3) is 0 Å². The molecule has 0 heterocycles. The molecule has 0 fully saturated rings. The van der Waals surface area contributed by atoms with E-state index in [0.29, 0.717) is 11.7 Å². The van der Waals surface area contributed by atoms with Gasteiger partial charge in [-0.2, -0.15) is 0 Å². The minimum absolute atomic E-state index is 0.508. The summed E-state index contributed by atoms with van der Waals surface area (Å²) in [5.41, 5.74) is 3.11.